The Morgan fingerprint density at radius 2 is 2.12 bits per heavy atom. The molecule has 6 heteroatoms. The van der Waals surface area contributed by atoms with E-state index in [9.17, 15) is 4.79 Å². The molecule has 2 aromatic rings. The van der Waals surface area contributed by atoms with Crippen molar-refractivity contribution in [3.05, 3.63) is 23.8 Å². The zero-order valence-electron chi connectivity index (χ0n) is 14.9. The number of aryl methyl sites for hydroxylation is 1. The summed E-state index contributed by atoms with van der Waals surface area (Å²) in [5.41, 5.74) is 8.78. The Kier molecular flexibility index (Phi) is 4.15. The second-order valence-electron chi connectivity index (χ2n) is 7.51. The number of piperidine rings is 1. The van der Waals surface area contributed by atoms with Crippen LogP contribution in [-0.2, 0) is 4.74 Å². The number of carbonyl (C=O) groups excluding carboxylic acids is 1. The summed E-state index contributed by atoms with van der Waals surface area (Å²) < 4.78 is 7.58. The molecule has 0 radical (unpaired) electrons. The number of anilines is 1. The SMILES string of the molecule is Cc1cccc2c1nc(N)n2[C@@H]1CCCN(C(=O)OC(C)(C)C)C1. The Labute approximate surface area is 142 Å². The summed E-state index contributed by atoms with van der Waals surface area (Å²) in [6.45, 7) is 9.01. The summed E-state index contributed by atoms with van der Waals surface area (Å²) in [5.74, 6) is 0.510. The summed E-state index contributed by atoms with van der Waals surface area (Å²) in [6.07, 6.45) is 1.64. The highest BCUT2D eigenvalue weighted by Gasteiger charge is 2.30. The molecule has 3 rings (SSSR count). The zero-order chi connectivity index (χ0) is 17.5. The Morgan fingerprint density at radius 1 is 1.38 bits per heavy atom. The van der Waals surface area contributed by atoms with Gasteiger partial charge in [0.05, 0.1) is 17.1 Å². The minimum Gasteiger partial charge on any atom is -0.444 e. The Hall–Kier alpha value is -2.24. The molecular weight excluding hydrogens is 304 g/mol. The molecule has 1 atom stereocenters. The van der Waals surface area contributed by atoms with Crippen LogP contribution < -0.4 is 5.73 Å². The predicted molar refractivity (Wildman–Crippen MR) is 95.0 cm³/mol. The third-order valence-corrected chi connectivity index (χ3v) is 4.36. The van der Waals surface area contributed by atoms with E-state index in [-0.39, 0.29) is 12.1 Å². The standard InChI is InChI=1S/C18H26N4O2/c1-12-7-5-9-14-15(12)20-16(19)22(14)13-8-6-10-21(11-13)17(23)24-18(2,3)4/h5,7,9,13H,6,8,10-11H2,1-4H3,(H2,19,20)/t13-/m1/s1. The van der Waals surface area contributed by atoms with Crippen molar-refractivity contribution in [2.75, 3.05) is 18.8 Å². The molecule has 1 fully saturated rings. The number of nitrogens with two attached hydrogens (primary N) is 1. The molecule has 0 spiro atoms. The van der Waals surface area contributed by atoms with Crippen LogP contribution in [0, 0.1) is 6.92 Å². The number of hydrogen-bond acceptors (Lipinski definition) is 4. The highest BCUT2D eigenvalue weighted by Crippen LogP contribution is 2.30. The molecule has 1 amide bonds. The van der Waals surface area contributed by atoms with Crippen LogP contribution in [-0.4, -0.2) is 39.2 Å². The molecular formula is C18H26N4O2. The van der Waals surface area contributed by atoms with Gasteiger partial charge >= 0.3 is 6.09 Å². The maximum absolute atomic E-state index is 12.4. The van der Waals surface area contributed by atoms with Gasteiger partial charge in [0.2, 0.25) is 5.95 Å². The quantitative estimate of drug-likeness (QED) is 0.868. The van der Waals surface area contributed by atoms with E-state index in [4.69, 9.17) is 10.5 Å². The summed E-state index contributed by atoms with van der Waals surface area (Å²) in [4.78, 5) is 18.7. The molecule has 1 aromatic heterocycles. The lowest BCUT2D eigenvalue weighted by molar-refractivity contribution is 0.0175. The number of ether oxygens (including phenoxy) is 1. The van der Waals surface area contributed by atoms with Gasteiger partial charge in [-0.2, -0.15) is 0 Å². The van der Waals surface area contributed by atoms with E-state index in [0.717, 1.165) is 36.0 Å². The van der Waals surface area contributed by atoms with Crippen molar-refractivity contribution >= 4 is 23.1 Å². The average Bonchev–Trinajstić information content (AvgIpc) is 2.83. The van der Waals surface area contributed by atoms with Crippen molar-refractivity contribution in [3.63, 3.8) is 0 Å². The molecule has 2 heterocycles. The lowest BCUT2D eigenvalue weighted by Gasteiger charge is -2.35. The van der Waals surface area contributed by atoms with Gasteiger partial charge in [0.1, 0.15) is 5.60 Å². The van der Waals surface area contributed by atoms with Gasteiger partial charge in [0, 0.05) is 13.1 Å². The van der Waals surface area contributed by atoms with Crippen molar-refractivity contribution in [1.82, 2.24) is 14.5 Å². The minimum atomic E-state index is -0.484. The summed E-state index contributed by atoms with van der Waals surface area (Å²) in [7, 11) is 0. The fourth-order valence-electron chi connectivity index (χ4n) is 3.32. The maximum Gasteiger partial charge on any atom is 0.410 e. The van der Waals surface area contributed by atoms with Crippen molar-refractivity contribution in [1.29, 1.82) is 0 Å². The van der Waals surface area contributed by atoms with E-state index in [0.29, 0.717) is 12.5 Å². The molecule has 1 aliphatic rings. The normalized spacial score (nSPS) is 18.8. The summed E-state index contributed by atoms with van der Waals surface area (Å²) in [5, 5.41) is 0. The van der Waals surface area contributed by atoms with Gasteiger partial charge in [-0.1, -0.05) is 12.1 Å². The van der Waals surface area contributed by atoms with Gasteiger partial charge in [-0.05, 0) is 52.2 Å². The molecule has 0 saturated carbocycles. The molecule has 2 N–H and O–H groups in total. The molecule has 1 saturated heterocycles. The van der Waals surface area contributed by atoms with Crippen molar-refractivity contribution < 1.29 is 9.53 Å². The van der Waals surface area contributed by atoms with Crippen molar-refractivity contribution in [3.8, 4) is 0 Å². The second-order valence-corrected chi connectivity index (χ2v) is 7.51. The van der Waals surface area contributed by atoms with E-state index in [1.165, 1.54) is 0 Å². The first-order valence-corrected chi connectivity index (χ1v) is 8.47. The molecule has 1 aliphatic heterocycles. The number of aromatic nitrogens is 2. The number of likely N-dealkylation sites (tertiary alicyclic amines) is 1. The minimum absolute atomic E-state index is 0.123. The molecule has 1 aromatic carbocycles. The van der Waals surface area contributed by atoms with E-state index in [1.54, 1.807) is 4.90 Å². The fraction of sp³-hybridized carbons (Fsp3) is 0.556. The number of nitrogens with zero attached hydrogens (tertiary/aromatic N) is 3. The Bertz CT molecular complexity index is 760. The van der Waals surface area contributed by atoms with Gasteiger partial charge in [0.15, 0.2) is 0 Å². The number of fused-ring (bicyclic) bond motifs is 1. The lowest BCUT2D eigenvalue weighted by Crippen LogP contribution is -2.43. The predicted octanol–water partition coefficient (Wildman–Crippen LogP) is 3.50. The summed E-state index contributed by atoms with van der Waals surface area (Å²) >= 11 is 0. The second kappa shape index (κ2) is 6.00. The first kappa shape index (κ1) is 16.6. The topological polar surface area (TPSA) is 73.4 Å². The van der Waals surface area contributed by atoms with Gasteiger partial charge < -0.3 is 19.9 Å². The number of para-hydroxylation sites is 1. The first-order chi connectivity index (χ1) is 11.3. The number of benzene rings is 1. The molecule has 6 nitrogen and oxygen atoms in total. The average molecular weight is 330 g/mol. The largest absolute Gasteiger partial charge is 0.444 e. The number of hydrogen-bond donors (Lipinski definition) is 1. The molecule has 130 valence electrons. The molecule has 0 unspecified atom stereocenters. The van der Waals surface area contributed by atoms with Crippen LogP contribution in [0.1, 0.15) is 45.2 Å². The molecule has 24 heavy (non-hydrogen) atoms. The van der Waals surface area contributed by atoms with Gasteiger partial charge in [-0.3, -0.25) is 0 Å². The van der Waals surface area contributed by atoms with E-state index in [1.807, 2.05) is 45.9 Å². The van der Waals surface area contributed by atoms with Crippen LogP contribution in [0.25, 0.3) is 11.0 Å². The zero-order valence-corrected chi connectivity index (χ0v) is 14.9. The van der Waals surface area contributed by atoms with E-state index >= 15 is 0 Å². The van der Waals surface area contributed by atoms with Gasteiger partial charge in [-0.25, -0.2) is 9.78 Å². The number of imidazole rings is 1. The summed E-state index contributed by atoms with van der Waals surface area (Å²) in [6, 6.07) is 6.22. The fourth-order valence-corrected chi connectivity index (χ4v) is 3.32. The Balaban J connectivity index is 1.87. The Morgan fingerprint density at radius 3 is 2.83 bits per heavy atom. The van der Waals surface area contributed by atoms with E-state index in [2.05, 4.69) is 9.55 Å². The van der Waals surface area contributed by atoms with Crippen LogP contribution in [0.3, 0.4) is 0 Å². The van der Waals surface area contributed by atoms with E-state index < -0.39 is 5.60 Å². The monoisotopic (exact) mass is 330 g/mol. The lowest BCUT2D eigenvalue weighted by atomic mass is 10.1. The van der Waals surface area contributed by atoms with Gasteiger partial charge in [0.25, 0.3) is 0 Å². The van der Waals surface area contributed by atoms with Crippen LogP contribution in [0.15, 0.2) is 18.2 Å². The van der Waals surface area contributed by atoms with Crippen LogP contribution in [0.2, 0.25) is 0 Å². The molecule has 0 bridgehead atoms. The first-order valence-electron chi connectivity index (χ1n) is 8.47. The smallest absolute Gasteiger partial charge is 0.410 e. The third-order valence-electron chi connectivity index (χ3n) is 4.36. The van der Waals surface area contributed by atoms with Gasteiger partial charge in [-0.15, -0.1) is 0 Å². The maximum atomic E-state index is 12.4. The number of carbonyl (C=O) groups is 1. The van der Waals surface area contributed by atoms with Crippen molar-refractivity contribution in [2.45, 2.75) is 52.2 Å². The van der Waals surface area contributed by atoms with Crippen LogP contribution in [0.4, 0.5) is 10.7 Å². The number of rotatable bonds is 1. The highest BCUT2D eigenvalue weighted by atomic mass is 16.6. The highest BCUT2D eigenvalue weighted by molar-refractivity contribution is 5.81. The van der Waals surface area contributed by atoms with Crippen LogP contribution >= 0.6 is 0 Å². The number of amides is 1. The number of nitrogen functional groups attached to an aromatic ring is 1. The third kappa shape index (κ3) is 3.18. The van der Waals surface area contributed by atoms with Crippen molar-refractivity contribution in [2.24, 2.45) is 0 Å². The molecule has 0 aliphatic carbocycles. The van der Waals surface area contributed by atoms with Crippen LogP contribution in [0.5, 0.6) is 0 Å².